The maximum atomic E-state index is 12.2. The minimum atomic E-state index is -0.638. The predicted molar refractivity (Wildman–Crippen MR) is 82.5 cm³/mol. The Kier molecular flexibility index (Phi) is 2.40. The Morgan fingerprint density at radius 1 is 1.05 bits per heavy atom. The van der Waals surface area contributed by atoms with E-state index in [0.717, 1.165) is 10.9 Å². The van der Waals surface area contributed by atoms with E-state index in [-0.39, 0.29) is 17.0 Å². The molecule has 0 aliphatic heterocycles. The summed E-state index contributed by atoms with van der Waals surface area (Å²) in [6, 6.07) is 7.61. The first-order valence-corrected chi connectivity index (χ1v) is 6.50. The van der Waals surface area contributed by atoms with Crippen molar-refractivity contribution in [1.29, 1.82) is 0 Å². The fourth-order valence-corrected chi connectivity index (χ4v) is 2.55. The minimum Gasteiger partial charge on any atom is -0.368 e. The van der Waals surface area contributed by atoms with Crippen LogP contribution in [0.25, 0.3) is 33.2 Å². The molecule has 8 heteroatoms. The van der Waals surface area contributed by atoms with Gasteiger partial charge in [-0.15, -0.1) is 0 Å². The fourth-order valence-electron chi connectivity index (χ4n) is 2.55. The first kappa shape index (κ1) is 12.3. The highest BCUT2D eigenvalue weighted by atomic mass is 16.2. The summed E-state index contributed by atoms with van der Waals surface area (Å²) in [5, 5.41) is 1.09. The highest BCUT2D eigenvalue weighted by Gasteiger charge is 2.16. The quantitative estimate of drug-likeness (QED) is 0.411. The third kappa shape index (κ3) is 1.71. The molecular formula is C14H10N6O2. The first-order valence-electron chi connectivity index (χ1n) is 6.50. The van der Waals surface area contributed by atoms with E-state index in [1.807, 2.05) is 24.3 Å². The van der Waals surface area contributed by atoms with Crippen molar-refractivity contribution < 1.29 is 0 Å². The molecule has 4 rings (SSSR count). The van der Waals surface area contributed by atoms with Gasteiger partial charge >= 0.3 is 5.69 Å². The number of nitrogen functional groups attached to an aromatic ring is 1. The van der Waals surface area contributed by atoms with Gasteiger partial charge in [-0.1, -0.05) is 18.2 Å². The first-order chi connectivity index (χ1) is 10.6. The van der Waals surface area contributed by atoms with Crippen molar-refractivity contribution in [1.82, 2.24) is 24.9 Å². The Morgan fingerprint density at radius 2 is 1.86 bits per heavy atom. The highest BCUT2D eigenvalue weighted by molar-refractivity contribution is 6.01. The standard InChI is InChI=1S/C14H10N6O2/c15-13-17-10(7-5-16-8-4-2-1-3-6(7)8)9-11(18-13)19-14(22)20-12(9)21/h1-5,16H,(H4,15,17,18,19,20,21,22). The van der Waals surface area contributed by atoms with Crippen molar-refractivity contribution in [3.8, 4) is 11.3 Å². The van der Waals surface area contributed by atoms with Crippen molar-refractivity contribution >= 4 is 27.9 Å². The average molecular weight is 294 g/mol. The summed E-state index contributed by atoms with van der Waals surface area (Å²) in [4.78, 5) is 39.5. The number of anilines is 1. The molecule has 0 saturated heterocycles. The number of aromatic amines is 3. The second kappa shape index (κ2) is 4.29. The monoisotopic (exact) mass is 294 g/mol. The maximum absolute atomic E-state index is 12.2. The van der Waals surface area contributed by atoms with Crippen molar-refractivity contribution in [3.05, 3.63) is 51.3 Å². The number of nitrogens with zero attached hydrogens (tertiary/aromatic N) is 2. The van der Waals surface area contributed by atoms with Crippen LogP contribution in [0.4, 0.5) is 5.95 Å². The Morgan fingerprint density at radius 3 is 2.73 bits per heavy atom. The van der Waals surface area contributed by atoms with E-state index in [4.69, 9.17) is 5.73 Å². The van der Waals surface area contributed by atoms with E-state index >= 15 is 0 Å². The molecule has 0 atom stereocenters. The second-order valence-electron chi connectivity index (χ2n) is 4.81. The summed E-state index contributed by atoms with van der Waals surface area (Å²) in [5.74, 6) is -0.0194. The fraction of sp³-hybridized carbons (Fsp3) is 0. The van der Waals surface area contributed by atoms with Gasteiger partial charge in [0, 0.05) is 22.7 Å². The summed E-state index contributed by atoms with van der Waals surface area (Å²) in [6.07, 6.45) is 1.75. The molecule has 0 spiro atoms. The number of rotatable bonds is 1. The Bertz CT molecular complexity index is 1140. The van der Waals surface area contributed by atoms with Crippen molar-refractivity contribution in [2.24, 2.45) is 0 Å². The summed E-state index contributed by atoms with van der Waals surface area (Å²) >= 11 is 0. The van der Waals surface area contributed by atoms with Crippen LogP contribution in [0.2, 0.25) is 0 Å². The van der Waals surface area contributed by atoms with Gasteiger partial charge in [0.1, 0.15) is 5.39 Å². The molecule has 0 bridgehead atoms. The smallest absolute Gasteiger partial charge is 0.327 e. The minimum absolute atomic E-state index is 0.0194. The number of benzene rings is 1. The van der Waals surface area contributed by atoms with Gasteiger partial charge in [-0.25, -0.2) is 9.78 Å². The lowest BCUT2D eigenvalue weighted by atomic mass is 10.1. The number of aromatic nitrogens is 5. The molecule has 0 aliphatic carbocycles. The number of fused-ring (bicyclic) bond motifs is 2. The number of hydrogen-bond acceptors (Lipinski definition) is 5. The topological polar surface area (TPSA) is 133 Å². The molecule has 1 aromatic carbocycles. The molecule has 0 radical (unpaired) electrons. The van der Waals surface area contributed by atoms with Gasteiger partial charge in [0.15, 0.2) is 5.65 Å². The Balaban J connectivity index is 2.19. The van der Waals surface area contributed by atoms with E-state index < -0.39 is 11.2 Å². The van der Waals surface area contributed by atoms with Crippen LogP contribution in [0.5, 0.6) is 0 Å². The van der Waals surface area contributed by atoms with Crippen LogP contribution in [0.1, 0.15) is 0 Å². The number of H-pyrrole nitrogens is 3. The summed E-state index contributed by atoms with van der Waals surface area (Å²) in [6.45, 7) is 0. The van der Waals surface area contributed by atoms with E-state index in [9.17, 15) is 9.59 Å². The lowest BCUT2D eigenvalue weighted by molar-refractivity contribution is 1.05. The van der Waals surface area contributed by atoms with E-state index in [0.29, 0.717) is 11.3 Å². The van der Waals surface area contributed by atoms with Crippen molar-refractivity contribution in [3.63, 3.8) is 0 Å². The van der Waals surface area contributed by atoms with Crippen LogP contribution in [0.15, 0.2) is 40.1 Å². The van der Waals surface area contributed by atoms with Gasteiger partial charge < -0.3 is 10.7 Å². The molecule has 5 N–H and O–H groups in total. The second-order valence-corrected chi connectivity index (χ2v) is 4.81. The molecule has 0 saturated carbocycles. The number of nitrogens with one attached hydrogen (secondary N) is 3. The van der Waals surface area contributed by atoms with Crippen LogP contribution in [0.3, 0.4) is 0 Å². The molecule has 0 aliphatic rings. The zero-order valence-electron chi connectivity index (χ0n) is 11.2. The lowest BCUT2D eigenvalue weighted by Gasteiger charge is -2.04. The zero-order chi connectivity index (χ0) is 15.3. The van der Waals surface area contributed by atoms with Gasteiger partial charge in [0.05, 0.1) is 5.69 Å². The van der Waals surface area contributed by atoms with E-state index in [1.165, 1.54) is 0 Å². The average Bonchev–Trinajstić information content (AvgIpc) is 2.89. The molecule has 22 heavy (non-hydrogen) atoms. The maximum Gasteiger partial charge on any atom is 0.327 e. The van der Waals surface area contributed by atoms with Crippen molar-refractivity contribution in [2.45, 2.75) is 0 Å². The van der Waals surface area contributed by atoms with Crippen LogP contribution in [-0.2, 0) is 0 Å². The Labute approximate surface area is 122 Å². The van der Waals surface area contributed by atoms with Crippen LogP contribution >= 0.6 is 0 Å². The third-order valence-corrected chi connectivity index (χ3v) is 3.46. The SMILES string of the molecule is Nc1nc(-c2c[nH]c3ccccc23)c2c(=O)[nH]c(=O)[nH]c2n1. The number of para-hydroxylation sites is 1. The third-order valence-electron chi connectivity index (χ3n) is 3.46. The molecular weight excluding hydrogens is 284 g/mol. The van der Waals surface area contributed by atoms with Crippen LogP contribution < -0.4 is 17.0 Å². The normalized spacial score (nSPS) is 11.3. The molecule has 4 aromatic rings. The summed E-state index contributed by atoms with van der Waals surface area (Å²) in [5.41, 5.74) is 6.62. The van der Waals surface area contributed by atoms with Gasteiger partial charge in [0.25, 0.3) is 5.56 Å². The van der Waals surface area contributed by atoms with Crippen molar-refractivity contribution in [2.75, 3.05) is 5.73 Å². The summed E-state index contributed by atoms with van der Waals surface area (Å²) in [7, 11) is 0. The van der Waals surface area contributed by atoms with Gasteiger partial charge in [-0.05, 0) is 6.07 Å². The van der Waals surface area contributed by atoms with Crippen LogP contribution in [-0.4, -0.2) is 24.9 Å². The van der Waals surface area contributed by atoms with Gasteiger partial charge in [-0.2, -0.15) is 4.98 Å². The number of hydrogen-bond donors (Lipinski definition) is 4. The largest absolute Gasteiger partial charge is 0.368 e. The summed E-state index contributed by atoms with van der Waals surface area (Å²) < 4.78 is 0. The van der Waals surface area contributed by atoms with Crippen LogP contribution in [0, 0.1) is 0 Å². The molecule has 0 fully saturated rings. The molecule has 0 unspecified atom stereocenters. The molecule has 0 amide bonds. The van der Waals surface area contributed by atoms with Gasteiger partial charge in [0.2, 0.25) is 5.95 Å². The van der Waals surface area contributed by atoms with Gasteiger partial charge in [-0.3, -0.25) is 14.8 Å². The molecule has 108 valence electrons. The lowest BCUT2D eigenvalue weighted by Crippen LogP contribution is -2.23. The van der Waals surface area contributed by atoms with E-state index in [1.54, 1.807) is 6.20 Å². The number of nitrogens with two attached hydrogens (primary N) is 1. The predicted octanol–water partition coefficient (Wildman–Crippen LogP) is 0.737. The highest BCUT2D eigenvalue weighted by Crippen LogP contribution is 2.30. The molecule has 3 aromatic heterocycles. The molecule has 8 nitrogen and oxygen atoms in total. The molecule has 3 heterocycles. The van der Waals surface area contributed by atoms with E-state index in [2.05, 4.69) is 24.9 Å². The zero-order valence-corrected chi connectivity index (χ0v) is 11.2. The Hall–Kier alpha value is -3.42.